The first-order valence-electron chi connectivity index (χ1n) is 1.01. The van der Waals surface area contributed by atoms with Gasteiger partial charge in [-0.05, 0) is 0 Å². The molecule has 0 saturated heterocycles. The zero-order valence-corrected chi connectivity index (χ0v) is 10.5. The Labute approximate surface area is 76.5 Å². The minimum absolute atomic E-state index is 0. The standard InChI is InChI=1S/CH4I2Si.HI/c1-4(2)3;/h4H,1H3;1H. The minimum atomic E-state index is -0.199. The van der Waals surface area contributed by atoms with Crippen molar-refractivity contribution >= 4 is 71.4 Å². The van der Waals surface area contributed by atoms with Crippen molar-refractivity contribution in [2.75, 3.05) is 0 Å². The second kappa shape index (κ2) is 6.41. The molecule has 4 heteroatoms. The SMILES string of the molecule is C[SiH](I)I.I. The fourth-order valence-corrected chi connectivity index (χ4v) is 0. The van der Waals surface area contributed by atoms with Crippen LogP contribution in [0.1, 0.15) is 0 Å². The van der Waals surface area contributed by atoms with Crippen LogP contribution >= 0.6 is 67.6 Å². The molecule has 0 aromatic heterocycles. The third-order valence-electron chi connectivity index (χ3n) is 0. The molecule has 0 rings (SSSR count). The fourth-order valence-electron chi connectivity index (χ4n) is 0. The Morgan fingerprint density at radius 2 is 1.40 bits per heavy atom. The van der Waals surface area contributed by atoms with Crippen molar-refractivity contribution < 1.29 is 0 Å². The molecule has 0 spiro atoms. The fraction of sp³-hybridized carbons (Fsp3) is 1.00. The lowest BCUT2D eigenvalue weighted by Crippen LogP contribution is -1.68. The quantitative estimate of drug-likeness (QED) is 0.317. The third kappa shape index (κ3) is 21.5. The van der Waals surface area contributed by atoms with Crippen molar-refractivity contribution in [1.82, 2.24) is 0 Å². The highest BCUT2D eigenvalue weighted by Gasteiger charge is 1.78. The van der Waals surface area contributed by atoms with Gasteiger partial charge < -0.3 is 0 Å². The van der Waals surface area contributed by atoms with Crippen molar-refractivity contribution in [2.24, 2.45) is 0 Å². The maximum atomic E-state index is 2.47. The largest absolute Gasteiger partial charge is 0.174 e. The predicted molar refractivity (Wildman–Crippen MR) is 56.5 cm³/mol. The second-order valence-corrected chi connectivity index (χ2v) is 19.9. The van der Waals surface area contributed by atoms with E-state index in [0.717, 1.165) is 0 Å². The topological polar surface area (TPSA) is 0 Å². The summed E-state index contributed by atoms with van der Waals surface area (Å²) in [7, 11) is 0. The maximum absolute atomic E-state index is 2.47. The first-order chi connectivity index (χ1) is 1.73. The van der Waals surface area contributed by atoms with E-state index >= 15 is 0 Å². The molecular weight excluding hydrogens is 421 g/mol. The van der Waals surface area contributed by atoms with E-state index in [4.69, 9.17) is 0 Å². The number of halogens is 3. The molecule has 0 aliphatic heterocycles. The lowest BCUT2D eigenvalue weighted by molar-refractivity contribution is 2.38. The number of hydrogen-bond donors (Lipinski definition) is 0. The van der Waals surface area contributed by atoms with E-state index in [9.17, 15) is 0 Å². The van der Waals surface area contributed by atoms with Crippen molar-refractivity contribution in [2.45, 2.75) is 6.55 Å². The molecule has 0 bridgehead atoms. The molecule has 0 amide bonds. The van der Waals surface area contributed by atoms with Gasteiger partial charge >= 0.3 is 0 Å². The molecule has 0 aromatic carbocycles. The lowest BCUT2D eigenvalue weighted by Gasteiger charge is -1.69. The molecule has 0 aliphatic carbocycles. The molecule has 0 atom stereocenters. The summed E-state index contributed by atoms with van der Waals surface area (Å²) in [5, 5.41) is 0. The van der Waals surface area contributed by atoms with Gasteiger partial charge in [0.1, 0.15) is 0 Å². The summed E-state index contributed by atoms with van der Waals surface area (Å²) >= 11 is 4.94. The summed E-state index contributed by atoms with van der Waals surface area (Å²) in [4.78, 5) is 0. The first-order valence-corrected chi connectivity index (χ1v) is 10.5. The predicted octanol–water partition coefficient (Wildman–Crippen LogP) is 2.32. The monoisotopic (exact) mass is 426 g/mol. The van der Waals surface area contributed by atoms with Gasteiger partial charge in [0.15, 0.2) is 3.79 Å². The van der Waals surface area contributed by atoms with E-state index in [0.29, 0.717) is 0 Å². The van der Waals surface area contributed by atoms with Crippen LogP contribution in [0.25, 0.3) is 0 Å². The molecule has 0 radical (unpaired) electrons. The number of rotatable bonds is 0. The van der Waals surface area contributed by atoms with Gasteiger partial charge in [0.05, 0.1) is 0 Å². The third-order valence-corrected chi connectivity index (χ3v) is 0. The van der Waals surface area contributed by atoms with Gasteiger partial charge in [0, 0.05) is 0 Å². The van der Waals surface area contributed by atoms with Crippen LogP contribution in [0, 0.1) is 0 Å². The van der Waals surface area contributed by atoms with Crippen molar-refractivity contribution in [3.63, 3.8) is 0 Å². The minimum Gasteiger partial charge on any atom is -0.109 e. The Bertz CT molecular complexity index is 11.6. The van der Waals surface area contributed by atoms with Gasteiger partial charge in [0.2, 0.25) is 0 Å². The lowest BCUT2D eigenvalue weighted by atomic mass is 11.9. The van der Waals surface area contributed by atoms with Crippen LogP contribution in [-0.2, 0) is 0 Å². The first kappa shape index (κ1) is 10.4. The molecule has 0 aliphatic rings. The van der Waals surface area contributed by atoms with E-state index in [-0.39, 0.29) is 27.8 Å². The molecule has 34 valence electrons. The van der Waals surface area contributed by atoms with Crippen LogP contribution in [-0.4, -0.2) is 3.79 Å². The Hall–Kier alpha value is 2.41. The van der Waals surface area contributed by atoms with E-state index in [1.165, 1.54) is 0 Å². The van der Waals surface area contributed by atoms with Gasteiger partial charge in [-0.3, -0.25) is 0 Å². The van der Waals surface area contributed by atoms with Crippen LogP contribution in [0.15, 0.2) is 0 Å². The van der Waals surface area contributed by atoms with Crippen LogP contribution in [0.2, 0.25) is 6.55 Å². The highest BCUT2D eigenvalue weighted by Crippen LogP contribution is 1.99. The summed E-state index contributed by atoms with van der Waals surface area (Å²) in [6.45, 7) is 2.28. The molecule has 5 heavy (non-hydrogen) atoms. The molecule has 0 fully saturated rings. The summed E-state index contributed by atoms with van der Waals surface area (Å²) in [6, 6.07) is 0. The van der Waals surface area contributed by atoms with Crippen LogP contribution in [0.3, 0.4) is 0 Å². The smallest absolute Gasteiger partial charge is 0.109 e. The van der Waals surface area contributed by atoms with E-state index in [1.807, 2.05) is 0 Å². The molecule has 0 heterocycles. The molecular formula is CH5I3Si. The van der Waals surface area contributed by atoms with Gasteiger partial charge in [-0.15, -0.1) is 67.6 Å². The zero-order valence-electron chi connectivity index (χ0n) is 2.74. The molecule has 0 nitrogen and oxygen atoms in total. The van der Waals surface area contributed by atoms with Crippen molar-refractivity contribution in [3.8, 4) is 0 Å². The van der Waals surface area contributed by atoms with Gasteiger partial charge in [-0.2, -0.15) is 0 Å². The molecule has 0 aromatic rings. The van der Waals surface area contributed by atoms with Crippen molar-refractivity contribution in [1.29, 1.82) is 0 Å². The average Bonchev–Trinajstić information content (AvgIpc) is 0.811. The summed E-state index contributed by atoms with van der Waals surface area (Å²) < 4.78 is -0.199. The maximum Gasteiger partial charge on any atom is 0.174 e. The highest BCUT2D eigenvalue weighted by molar-refractivity contribution is 14.3. The normalized spacial score (nSPS) is 7.20. The second-order valence-electron chi connectivity index (χ2n) is 0.519. The van der Waals surface area contributed by atoms with Crippen LogP contribution in [0.5, 0.6) is 0 Å². The summed E-state index contributed by atoms with van der Waals surface area (Å²) in [5.41, 5.74) is 0. The Morgan fingerprint density at radius 3 is 1.40 bits per heavy atom. The summed E-state index contributed by atoms with van der Waals surface area (Å²) in [6.07, 6.45) is 0. The Balaban J connectivity index is 0. The highest BCUT2D eigenvalue weighted by atomic mass is 127. The van der Waals surface area contributed by atoms with Crippen LogP contribution in [0.4, 0.5) is 0 Å². The number of hydrogen-bond acceptors (Lipinski definition) is 0. The van der Waals surface area contributed by atoms with Gasteiger partial charge in [-0.1, -0.05) is 6.55 Å². The van der Waals surface area contributed by atoms with E-state index in [1.54, 1.807) is 0 Å². The molecule has 0 unspecified atom stereocenters. The van der Waals surface area contributed by atoms with Gasteiger partial charge in [-0.25, -0.2) is 0 Å². The Kier molecular flexibility index (Phi) is 13.3. The van der Waals surface area contributed by atoms with Gasteiger partial charge in [0.25, 0.3) is 0 Å². The zero-order chi connectivity index (χ0) is 3.58. The molecule has 0 N–H and O–H groups in total. The Morgan fingerprint density at radius 1 is 1.40 bits per heavy atom. The summed E-state index contributed by atoms with van der Waals surface area (Å²) in [5.74, 6) is 0. The van der Waals surface area contributed by atoms with Crippen LogP contribution < -0.4 is 0 Å². The van der Waals surface area contributed by atoms with Crippen molar-refractivity contribution in [3.05, 3.63) is 0 Å². The molecule has 0 saturated carbocycles. The van der Waals surface area contributed by atoms with E-state index < -0.39 is 0 Å². The average molecular weight is 426 g/mol. The van der Waals surface area contributed by atoms with E-state index in [2.05, 4.69) is 50.1 Å².